The first kappa shape index (κ1) is 24.3. The number of hydrogen-bond donors (Lipinski definition) is 3. The zero-order valence-corrected chi connectivity index (χ0v) is 21.4. The molecule has 0 amide bonds. The topological polar surface area (TPSA) is 163 Å². The highest BCUT2D eigenvalue weighted by atomic mass is 32.2. The molecule has 0 saturated carbocycles. The summed E-state index contributed by atoms with van der Waals surface area (Å²) in [6, 6.07) is 5.65. The van der Waals surface area contributed by atoms with E-state index in [1.54, 1.807) is 6.20 Å². The van der Waals surface area contributed by atoms with Crippen molar-refractivity contribution in [3.05, 3.63) is 30.7 Å². The van der Waals surface area contributed by atoms with Crippen molar-refractivity contribution in [2.24, 2.45) is 5.92 Å². The molecule has 1 aliphatic heterocycles. The van der Waals surface area contributed by atoms with Gasteiger partial charge in [-0.2, -0.15) is 5.10 Å². The highest BCUT2D eigenvalue weighted by Gasteiger charge is 2.23. The third-order valence-electron chi connectivity index (χ3n) is 5.50. The smallest absolute Gasteiger partial charge is 0.231 e. The number of nitrogens with zero attached hydrogens (tertiary/aromatic N) is 5. The normalized spacial score (nSPS) is 13.2. The van der Waals surface area contributed by atoms with Gasteiger partial charge in [-0.3, -0.25) is 5.10 Å². The largest absolute Gasteiger partial charge is 0.454 e. The summed E-state index contributed by atoms with van der Waals surface area (Å²) in [7, 11) is -3.40. The number of fused-ring (bicyclic) bond motifs is 2. The summed E-state index contributed by atoms with van der Waals surface area (Å²) in [6.45, 7) is 4.85. The number of benzene rings is 1. The Morgan fingerprint density at radius 1 is 1.25 bits per heavy atom. The molecule has 0 bridgehead atoms. The Labute approximate surface area is 212 Å². The van der Waals surface area contributed by atoms with E-state index >= 15 is 0 Å². The van der Waals surface area contributed by atoms with E-state index in [0.717, 1.165) is 16.2 Å². The molecule has 36 heavy (non-hydrogen) atoms. The van der Waals surface area contributed by atoms with Gasteiger partial charge in [-0.25, -0.2) is 28.1 Å². The quantitative estimate of drug-likeness (QED) is 0.278. The third-order valence-corrected chi connectivity index (χ3v) is 7.98. The molecule has 190 valence electrons. The molecule has 0 fully saturated rings. The van der Waals surface area contributed by atoms with Crippen LogP contribution in [0.5, 0.6) is 11.5 Å². The van der Waals surface area contributed by atoms with Crippen molar-refractivity contribution in [3.8, 4) is 22.8 Å². The van der Waals surface area contributed by atoms with Crippen molar-refractivity contribution in [1.82, 2.24) is 34.4 Å². The van der Waals surface area contributed by atoms with Crippen molar-refractivity contribution >= 4 is 38.8 Å². The van der Waals surface area contributed by atoms with Crippen LogP contribution in [0.25, 0.3) is 22.4 Å². The van der Waals surface area contributed by atoms with Crippen LogP contribution in [0.4, 0.5) is 5.82 Å². The van der Waals surface area contributed by atoms with Gasteiger partial charge < -0.3 is 19.8 Å². The van der Waals surface area contributed by atoms with Crippen molar-refractivity contribution in [2.45, 2.75) is 36.9 Å². The standard InChI is InChI=1S/C22H26N8O4S2/c1-13(2)10-27-36(31,32)7-3-6-30-21-19(20(23)24-11-25-21)28-22(30)35-18-9-17-16(33-12-34-17)8-14(18)15-4-5-26-29-15/h4-5,8-9,11,13,27H,3,6-7,10,12H2,1-2H3,(H,26,29)(H2,23,24,25). The number of nitrogens with two attached hydrogens (primary N) is 1. The molecule has 1 aliphatic rings. The molecule has 14 heteroatoms. The third kappa shape index (κ3) is 5.10. The Kier molecular flexibility index (Phi) is 6.73. The second-order valence-corrected chi connectivity index (χ2v) is 11.6. The predicted molar refractivity (Wildman–Crippen MR) is 135 cm³/mol. The van der Waals surface area contributed by atoms with E-state index in [0.29, 0.717) is 47.3 Å². The number of rotatable bonds is 10. The van der Waals surface area contributed by atoms with Crippen LogP contribution in [-0.4, -0.2) is 57.2 Å². The molecule has 0 saturated heterocycles. The van der Waals surface area contributed by atoms with Crippen LogP contribution in [0, 0.1) is 5.92 Å². The van der Waals surface area contributed by atoms with Gasteiger partial charge in [0.25, 0.3) is 0 Å². The van der Waals surface area contributed by atoms with Crippen LogP contribution in [0.2, 0.25) is 0 Å². The second-order valence-electron chi connectivity index (χ2n) is 8.67. The summed E-state index contributed by atoms with van der Waals surface area (Å²) in [5.41, 5.74) is 8.76. The lowest BCUT2D eigenvalue weighted by Gasteiger charge is -2.12. The maximum atomic E-state index is 12.4. The molecule has 0 atom stereocenters. The van der Waals surface area contributed by atoms with E-state index in [-0.39, 0.29) is 24.3 Å². The molecule has 4 N–H and O–H groups in total. The van der Waals surface area contributed by atoms with Gasteiger partial charge in [0.05, 0.1) is 11.4 Å². The molecule has 0 unspecified atom stereocenters. The molecule has 0 spiro atoms. The number of aromatic amines is 1. The summed E-state index contributed by atoms with van der Waals surface area (Å²) in [5.74, 6) is 1.74. The zero-order chi connectivity index (χ0) is 25.3. The minimum absolute atomic E-state index is 0.0204. The van der Waals surface area contributed by atoms with Gasteiger partial charge in [0.1, 0.15) is 6.33 Å². The lowest BCUT2D eigenvalue weighted by molar-refractivity contribution is 0.174. The van der Waals surface area contributed by atoms with E-state index in [9.17, 15) is 8.42 Å². The summed E-state index contributed by atoms with van der Waals surface area (Å²) < 4.78 is 40.5. The molecule has 1 aromatic carbocycles. The van der Waals surface area contributed by atoms with Gasteiger partial charge in [0.2, 0.25) is 16.8 Å². The van der Waals surface area contributed by atoms with Gasteiger partial charge >= 0.3 is 0 Å². The molecule has 4 aromatic rings. The fraction of sp³-hybridized carbons (Fsp3) is 0.364. The Balaban J connectivity index is 1.48. The number of sulfonamides is 1. The Bertz CT molecular complexity index is 1490. The van der Waals surface area contributed by atoms with Crippen LogP contribution in [-0.2, 0) is 16.6 Å². The van der Waals surface area contributed by atoms with Gasteiger partial charge in [-0.05, 0) is 30.5 Å². The fourth-order valence-electron chi connectivity index (χ4n) is 3.71. The van der Waals surface area contributed by atoms with Gasteiger partial charge in [-0.1, -0.05) is 25.6 Å². The number of ether oxygens (including phenoxy) is 2. The van der Waals surface area contributed by atoms with E-state index in [1.165, 1.54) is 18.1 Å². The average Bonchev–Trinajstić information content (AvgIpc) is 3.58. The van der Waals surface area contributed by atoms with Crippen LogP contribution in [0.3, 0.4) is 0 Å². The molecular weight excluding hydrogens is 504 g/mol. The zero-order valence-electron chi connectivity index (χ0n) is 19.8. The fourth-order valence-corrected chi connectivity index (χ4v) is 6.02. The predicted octanol–water partition coefficient (Wildman–Crippen LogP) is 2.64. The summed E-state index contributed by atoms with van der Waals surface area (Å²) in [6.07, 6.45) is 3.42. The van der Waals surface area contributed by atoms with Crippen LogP contribution >= 0.6 is 11.8 Å². The minimum Gasteiger partial charge on any atom is -0.454 e. The molecule has 5 rings (SSSR count). The number of anilines is 1. The molecule has 3 aromatic heterocycles. The molecule has 0 radical (unpaired) electrons. The maximum absolute atomic E-state index is 12.4. The number of H-pyrrole nitrogens is 1. The van der Waals surface area contributed by atoms with Crippen molar-refractivity contribution in [2.75, 3.05) is 24.8 Å². The second kappa shape index (κ2) is 9.95. The number of nitrogen functional groups attached to an aromatic ring is 1. The highest BCUT2D eigenvalue weighted by molar-refractivity contribution is 7.99. The van der Waals surface area contributed by atoms with Crippen molar-refractivity contribution in [1.29, 1.82) is 0 Å². The number of aromatic nitrogens is 6. The average molecular weight is 531 g/mol. The van der Waals surface area contributed by atoms with E-state index in [2.05, 4.69) is 24.9 Å². The summed E-state index contributed by atoms with van der Waals surface area (Å²) >= 11 is 1.39. The first-order valence-electron chi connectivity index (χ1n) is 11.4. The Morgan fingerprint density at radius 3 is 2.81 bits per heavy atom. The number of hydrogen-bond acceptors (Lipinski definition) is 10. The lowest BCUT2D eigenvalue weighted by Crippen LogP contribution is -2.30. The number of nitrogens with one attached hydrogen (secondary N) is 2. The Morgan fingerprint density at radius 2 is 2.06 bits per heavy atom. The number of aryl methyl sites for hydroxylation is 1. The molecular formula is C22H26N8O4S2. The molecule has 12 nitrogen and oxygen atoms in total. The molecule has 4 heterocycles. The lowest BCUT2D eigenvalue weighted by atomic mass is 10.1. The van der Waals surface area contributed by atoms with Crippen molar-refractivity contribution < 1.29 is 17.9 Å². The van der Waals surface area contributed by atoms with E-state index in [4.69, 9.17) is 20.2 Å². The van der Waals surface area contributed by atoms with Crippen LogP contribution < -0.4 is 19.9 Å². The van der Waals surface area contributed by atoms with Gasteiger partial charge in [0.15, 0.2) is 33.6 Å². The van der Waals surface area contributed by atoms with Gasteiger partial charge in [0, 0.05) is 29.7 Å². The van der Waals surface area contributed by atoms with Crippen molar-refractivity contribution in [3.63, 3.8) is 0 Å². The first-order valence-corrected chi connectivity index (χ1v) is 13.8. The molecule has 0 aliphatic carbocycles. The SMILES string of the molecule is CC(C)CNS(=O)(=O)CCCn1c(Sc2cc3c(cc2-c2ccn[nH]2)OCO3)nc2c(N)ncnc21. The van der Waals surface area contributed by atoms with E-state index < -0.39 is 10.0 Å². The summed E-state index contributed by atoms with van der Waals surface area (Å²) in [4.78, 5) is 14.0. The monoisotopic (exact) mass is 530 g/mol. The first-order chi connectivity index (χ1) is 17.3. The summed E-state index contributed by atoms with van der Waals surface area (Å²) in [5, 5.41) is 7.66. The highest BCUT2D eigenvalue weighted by Crippen LogP contribution is 2.44. The Hall–Kier alpha value is -3.36. The van der Waals surface area contributed by atoms with Crippen LogP contribution in [0.1, 0.15) is 20.3 Å². The minimum atomic E-state index is -3.40. The van der Waals surface area contributed by atoms with Crippen LogP contribution in [0.15, 0.2) is 40.8 Å². The van der Waals surface area contributed by atoms with Gasteiger partial charge in [-0.15, -0.1) is 0 Å². The number of imidazole rings is 1. The maximum Gasteiger partial charge on any atom is 0.231 e. The van der Waals surface area contributed by atoms with E-state index in [1.807, 2.05) is 36.6 Å².